The fourth-order valence-electron chi connectivity index (χ4n) is 1.34. The summed E-state index contributed by atoms with van der Waals surface area (Å²) < 4.78 is 0. The third kappa shape index (κ3) is 2.92. The molecule has 80 valence electrons. The van der Waals surface area contributed by atoms with Crippen molar-refractivity contribution in [1.29, 1.82) is 0 Å². The van der Waals surface area contributed by atoms with Crippen molar-refractivity contribution in [1.82, 2.24) is 4.98 Å². The zero-order valence-electron chi connectivity index (χ0n) is 9.09. The second-order valence-corrected chi connectivity index (χ2v) is 3.49. The van der Waals surface area contributed by atoms with Gasteiger partial charge in [0.1, 0.15) is 0 Å². The summed E-state index contributed by atoms with van der Waals surface area (Å²) in [4.78, 5) is 4.14. The summed E-state index contributed by atoms with van der Waals surface area (Å²) in [6.07, 6.45) is 3.44. The van der Waals surface area contributed by atoms with E-state index in [1.165, 1.54) is 5.56 Å². The smallest absolute Gasteiger partial charge is 0.0830 e. The molecule has 3 heteroatoms. The van der Waals surface area contributed by atoms with Gasteiger partial charge in [-0.2, -0.15) is 5.10 Å². The molecular formula is C13H13N3. The first kappa shape index (κ1) is 10.4. The Morgan fingerprint density at radius 1 is 1.19 bits per heavy atom. The Labute approximate surface area is 94.9 Å². The lowest BCUT2D eigenvalue weighted by molar-refractivity contribution is 1.28. The highest BCUT2D eigenvalue weighted by molar-refractivity contribution is 5.77. The highest BCUT2D eigenvalue weighted by Crippen LogP contribution is 2.08. The van der Waals surface area contributed by atoms with Crippen LogP contribution in [0.4, 0.5) is 5.69 Å². The molecule has 16 heavy (non-hydrogen) atoms. The summed E-state index contributed by atoms with van der Waals surface area (Å²) in [7, 11) is 0. The van der Waals surface area contributed by atoms with Crippen molar-refractivity contribution in [2.45, 2.75) is 6.92 Å². The molecule has 0 fully saturated rings. The van der Waals surface area contributed by atoms with E-state index in [1.54, 1.807) is 12.4 Å². The van der Waals surface area contributed by atoms with Crippen LogP contribution in [0.2, 0.25) is 0 Å². The van der Waals surface area contributed by atoms with Crippen LogP contribution in [-0.2, 0) is 0 Å². The first-order valence-electron chi connectivity index (χ1n) is 5.11. The molecule has 1 N–H and O–H groups in total. The Morgan fingerprint density at radius 2 is 2.12 bits per heavy atom. The van der Waals surface area contributed by atoms with Crippen LogP contribution in [0, 0.1) is 6.92 Å². The van der Waals surface area contributed by atoms with Crippen molar-refractivity contribution in [2.24, 2.45) is 5.10 Å². The molecule has 0 saturated carbocycles. The van der Waals surface area contributed by atoms with Gasteiger partial charge in [0.25, 0.3) is 0 Å². The van der Waals surface area contributed by atoms with Crippen LogP contribution in [0.3, 0.4) is 0 Å². The maximum atomic E-state index is 4.14. The lowest BCUT2D eigenvalue weighted by Crippen LogP contribution is -1.92. The molecule has 0 aliphatic carbocycles. The predicted molar refractivity (Wildman–Crippen MR) is 66.6 cm³/mol. The van der Waals surface area contributed by atoms with Gasteiger partial charge in [-0.25, -0.2) is 0 Å². The summed E-state index contributed by atoms with van der Waals surface area (Å²) in [5.41, 5.74) is 5.98. The summed E-state index contributed by atoms with van der Waals surface area (Å²) in [5, 5.41) is 4.12. The molecule has 0 amide bonds. The zero-order valence-corrected chi connectivity index (χ0v) is 9.09. The van der Waals surface area contributed by atoms with Gasteiger partial charge in [0.2, 0.25) is 0 Å². The van der Waals surface area contributed by atoms with E-state index in [1.807, 2.05) is 49.4 Å². The van der Waals surface area contributed by atoms with E-state index in [2.05, 4.69) is 15.5 Å². The number of hydrogen-bond donors (Lipinski definition) is 1. The monoisotopic (exact) mass is 211 g/mol. The van der Waals surface area contributed by atoms with E-state index >= 15 is 0 Å². The second kappa shape index (κ2) is 5.07. The van der Waals surface area contributed by atoms with Crippen molar-refractivity contribution in [2.75, 3.05) is 5.43 Å². The number of hydrazone groups is 1. The van der Waals surface area contributed by atoms with Crippen LogP contribution in [0.15, 0.2) is 53.8 Å². The highest BCUT2D eigenvalue weighted by atomic mass is 15.3. The fraction of sp³-hybridized carbons (Fsp3) is 0.0769. The van der Waals surface area contributed by atoms with Crippen LogP contribution in [0.1, 0.15) is 11.3 Å². The molecule has 1 heterocycles. The van der Waals surface area contributed by atoms with Gasteiger partial charge in [-0.1, -0.05) is 18.2 Å². The van der Waals surface area contributed by atoms with E-state index in [9.17, 15) is 0 Å². The Hall–Kier alpha value is -2.16. The number of rotatable bonds is 3. The number of nitrogens with one attached hydrogen (secondary N) is 1. The van der Waals surface area contributed by atoms with Crippen molar-refractivity contribution < 1.29 is 0 Å². The van der Waals surface area contributed by atoms with Crippen molar-refractivity contribution in [3.05, 3.63) is 59.9 Å². The molecule has 0 saturated heterocycles. The Balaban J connectivity index is 2.00. The number of benzene rings is 1. The van der Waals surface area contributed by atoms with Gasteiger partial charge < -0.3 is 0 Å². The van der Waals surface area contributed by atoms with Gasteiger partial charge >= 0.3 is 0 Å². The van der Waals surface area contributed by atoms with Crippen LogP contribution in [-0.4, -0.2) is 11.2 Å². The molecular weight excluding hydrogens is 198 g/mol. The van der Waals surface area contributed by atoms with Crippen LogP contribution < -0.4 is 5.43 Å². The normalized spacial score (nSPS) is 10.6. The standard InChI is InChI=1S/C13H13N3/c1-11-5-4-7-12(9-11)16-15-10-13-6-2-3-8-14-13/h2-10,16H,1H3/b15-10+. The average molecular weight is 211 g/mol. The molecule has 0 unspecified atom stereocenters. The number of anilines is 1. The molecule has 1 aromatic heterocycles. The number of nitrogens with zero attached hydrogens (tertiary/aromatic N) is 2. The topological polar surface area (TPSA) is 37.3 Å². The predicted octanol–water partition coefficient (Wildman–Crippen LogP) is 2.84. The Kier molecular flexibility index (Phi) is 3.28. The molecule has 0 aliphatic rings. The SMILES string of the molecule is Cc1cccc(N/N=C/c2ccccn2)c1. The summed E-state index contributed by atoms with van der Waals surface area (Å²) in [6.45, 7) is 2.05. The van der Waals surface area contributed by atoms with Crippen LogP contribution in [0.25, 0.3) is 0 Å². The molecule has 1 aromatic carbocycles. The lowest BCUT2D eigenvalue weighted by Gasteiger charge is -2.00. The molecule has 2 rings (SSSR count). The minimum absolute atomic E-state index is 0.836. The minimum Gasteiger partial charge on any atom is -0.278 e. The maximum absolute atomic E-state index is 4.14. The molecule has 0 bridgehead atoms. The Bertz CT molecular complexity index is 478. The first-order chi connectivity index (χ1) is 7.84. The largest absolute Gasteiger partial charge is 0.278 e. The van der Waals surface area contributed by atoms with Crippen molar-refractivity contribution >= 4 is 11.9 Å². The van der Waals surface area contributed by atoms with Gasteiger partial charge in [-0.05, 0) is 36.8 Å². The van der Waals surface area contributed by atoms with E-state index in [4.69, 9.17) is 0 Å². The van der Waals surface area contributed by atoms with Crippen LogP contribution >= 0.6 is 0 Å². The van der Waals surface area contributed by atoms with Gasteiger partial charge in [0, 0.05) is 6.20 Å². The molecule has 0 atom stereocenters. The number of hydrogen-bond acceptors (Lipinski definition) is 3. The number of pyridine rings is 1. The summed E-state index contributed by atoms with van der Waals surface area (Å²) in [6, 6.07) is 13.8. The minimum atomic E-state index is 0.836. The molecule has 2 aromatic rings. The molecule has 0 aliphatic heterocycles. The van der Waals surface area contributed by atoms with Gasteiger partial charge in [-0.15, -0.1) is 0 Å². The number of aryl methyl sites for hydroxylation is 1. The Morgan fingerprint density at radius 3 is 2.88 bits per heavy atom. The molecule has 0 spiro atoms. The van der Waals surface area contributed by atoms with E-state index in [0.717, 1.165) is 11.4 Å². The van der Waals surface area contributed by atoms with E-state index < -0.39 is 0 Å². The highest BCUT2D eigenvalue weighted by Gasteiger charge is 1.89. The van der Waals surface area contributed by atoms with Gasteiger partial charge in [0.05, 0.1) is 17.6 Å². The molecule has 3 nitrogen and oxygen atoms in total. The molecule has 0 radical (unpaired) electrons. The lowest BCUT2D eigenvalue weighted by atomic mass is 10.2. The average Bonchev–Trinajstić information content (AvgIpc) is 2.30. The second-order valence-electron chi connectivity index (χ2n) is 3.49. The number of aromatic nitrogens is 1. The van der Waals surface area contributed by atoms with E-state index in [-0.39, 0.29) is 0 Å². The van der Waals surface area contributed by atoms with E-state index in [0.29, 0.717) is 0 Å². The summed E-state index contributed by atoms with van der Waals surface area (Å²) in [5.74, 6) is 0. The third-order valence-corrected chi connectivity index (χ3v) is 2.10. The zero-order chi connectivity index (χ0) is 11.2. The fourth-order valence-corrected chi connectivity index (χ4v) is 1.34. The summed E-state index contributed by atoms with van der Waals surface area (Å²) >= 11 is 0. The van der Waals surface area contributed by atoms with Crippen LogP contribution in [0.5, 0.6) is 0 Å². The first-order valence-corrected chi connectivity index (χ1v) is 5.11. The maximum Gasteiger partial charge on any atom is 0.0830 e. The van der Waals surface area contributed by atoms with Crippen molar-refractivity contribution in [3.8, 4) is 0 Å². The van der Waals surface area contributed by atoms with Gasteiger partial charge in [0.15, 0.2) is 0 Å². The van der Waals surface area contributed by atoms with Crippen molar-refractivity contribution in [3.63, 3.8) is 0 Å². The quantitative estimate of drug-likeness (QED) is 0.626. The van der Waals surface area contributed by atoms with Gasteiger partial charge in [-0.3, -0.25) is 10.4 Å². The third-order valence-electron chi connectivity index (χ3n) is 2.10.